The summed E-state index contributed by atoms with van der Waals surface area (Å²) in [5, 5.41) is 0. The van der Waals surface area contributed by atoms with E-state index >= 15 is 0 Å². The van der Waals surface area contributed by atoms with Gasteiger partial charge < -0.3 is 38.5 Å². The summed E-state index contributed by atoms with van der Waals surface area (Å²) in [6.45, 7) is 0. The summed E-state index contributed by atoms with van der Waals surface area (Å²) < 4.78 is 17.1. The van der Waals surface area contributed by atoms with Gasteiger partial charge in [-0.2, -0.15) is 15.6 Å². The second kappa shape index (κ2) is 16.5. The maximum absolute atomic E-state index is 8.55. The molecule has 0 saturated carbocycles. The van der Waals surface area contributed by atoms with E-state index in [0.717, 1.165) is 0 Å². The third-order valence-electron chi connectivity index (χ3n) is 0. The van der Waals surface area contributed by atoms with E-state index in [2.05, 4.69) is 0 Å². The monoisotopic (exact) mass is 316 g/mol. The average molecular weight is 316 g/mol. The Hall–Kier alpha value is 3.52. The summed E-state index contributed by atoms with van der Waals surface area (Å²) in [5.41, 5.74) is 0. The molecule has 0 atom stereocenters. The van der Waals surface area contributed by atoms with E-state index in [-0.39, 0.29) is 100.0 Å². The SMILES string of the molecule is O=P([O-])([O-])[O-].O=P([O-])([O-])[O-].[Li+].[Li+].[Na+].[Y+3]. The molecule has 0 heterocycles. The molecule has 0 aliphatic rings. The summed E-state index contributed by atoms with van der Waals surface area (Å²) in [7, 11) is -10.8. The average Bonchev–Trinajstić information content (AvgIpc) is 1.12. The van der Waals surface area contributed by atoms with E-state index in [1.807, 2.05) is 0 Å². The van der Waals surface area contributed by atoms with Crippen LogP contribution in [0.1, 0.15) is 0 Å². The molecule has 0 aromatic rings. The zero-order chi connectivity index (χ0) is 9.00. The number of hydrogen-bond donors (Lipinski definition) is 0. The molecule has 0 fully saturated rings. The third-order valence-corrected chi connectivity index (χ3v) is 0. The van der Waals surface area contributed by atoms with E-state index < -0.39 is 15.6 Å². The maximum atomic E-state index is 8.55. The van der Waals surface area contributed by atoms with Crippen LogP contribution >= 0.6 is 15.6 Å². The second-order valence-corrected chi connectivity index (χ2v) is 2.68. The number of hydrogen-bond acceptors (Lipinski definition) is 8. The molecule has 14 heavy (non-hydrogen) atoms. The van der Waals surface area contributed by atoms with Crippen LogP contribution in [0, 0.1) is 0 Å². The van der Waals surface area contributed by atoms with Crippen LogP contribution in [-0.2, 0) is 41.8 Å². The van der Waals surface area contributed by atoms with Crippen LogP contribution in [0.2, 0.25) is 0 Å². The normalized spacial score (nSPS) is 8.43. The summed E-state index contributed by atoms with van der Waals surface area (Å²) in [6.07, 6.45) is 0. The first kappa shape index (κ1) is 36.0. The first-order valence-corrected chi connectivity index (χ1v) is 4.38. The summed E-state index contributed by atoms with van der Waals surface area (Å²) >= 11 is 0. The Kier molecular flexibility index (Phi) is 42.5. The molecule has 14 heteroatoms. The Balaban J connectivity index is -0.0000000178. The van der Waals surface area contributed by atoms with Gasteiger partial charge in [0.05, 0.1) is 0 Å². The van der Waals surface area contributed by atoms with Crippen LogP contribution in [0.15, 0.2) is 0 Å². The van der Waals surface area contributed by atoms with Crippen LogP contribution in [0.5, 0.6) is 0 Å². The fraction of sp³-hybridized carbons (Fsp3) is 0. The van der Waals surface area contributed by atoms with Gasteiger partial charge in [0.25, 0.3) is 0 Å². The van der Waals surface area contributed by atoms with E-state index in [1.165, 1.54) is 0 Å². The molecular weight excluding hydrogens is 316 g/mol. The van der Waals surface area contributed by atoms with E-state index in [0.29, 0.717) is 0 Å². The maximum Gasteiger partial charge on any atom is 3.00 e. The van der Waals surface area contributed by atoms with Crippen LogP contribution < -0.4 is 96.6 Å². The predicted octanol–water partition coefficient (Wildman–Crippen LogP) is -14.6. The van der Waals surface area contributed by atoms with Crippen LogP contribution in [0.25, 0.3) is 0 Å². The fourth-order valence-electron chi connectivity index (χ4n) is 0. The molecule has 0 radical (unpaired) electrons. The molecule has 0 aromatic carbocycles. The largest absolute Gasteiger partial charge is 3.00 e. The van der Waals surface area contributed by atoms with Gasteiger partial charge in [-0.15, -0.1) is 0 Å². The molecule has 0 spiro atoms. The van der Waals surface area contributed by atoms with Crippen molar-refractivity contribution >= 4 is 15.6 Å². The van der Waals surface area contributed by atoms with Gasteiger partial charge in [-0.25, -0.2) is 0 Å². The van der Waals surface area contributed by atoms with Crippen LogP contribution in [-0.4, -0.2) is 0 Å². The van der Waals surface area contributed by atoms with Crippen LogP contribution in [0.4, 0.5) is 0 Å². The minimum atomic E-state index is -5.39. The second-order valence-electron chi connectivity index (χ2n) is 0.894. The Morgan fingerprint density at radius 1 is 0.643 bits per heavy atom. The van der Waals surface area contributed by atoms with Gasteiger partial charge >= 0.3 is 100.0 Å². The summed E-state index contributed by atoms with van der Waals surface area (Å²) in [6, 6.07) is 0. The number of phosphoric acid groups is 2. The van der Waals surface area contributed by atoms with Crippen LogP contribution in [0.3, 0.4) is 0 Å². The zero-order valence-corrected chi connectivity index (χ0v) is 14.4. The summed E-state index contributed by atoms with van der Waals surface area (Å²) in [5.74, 6) is 0. The molecular formula is Li2NaO8P2Y. The van der Waals surface area contributed by atoms with Crippen molar-refractivity contribution in [3.63, 3.8) is 0 Å². The Bertz CT molecular complexity index is 138. The topological polar surface area (TPSA) is 172 Å². The first-order chi connectivity index (χ1) is 4.00. The number of rotatable bonds is 0. The van der Waals surface area contributed by atoms with E-state index in [1.54, 1.807) is 0 Å². The molecule has 64 valence electrons. The van der Waals surface area contributed by atoms with E-state index in [9.17, 15) is 0 Å². The quantitative estimate of drug-likeness (QED) is 0.313. The van der Waals surface area contributed by atoms with Crippen molar-refractivity contribution in [3.05, 3.63) is 0 Å². The zero-order valence-electron chi connectivity index (χ0n) is 7.74. The molecule has 0 rings (SSSR count). The van der Waals surface area contributed by atoms with Gasteiger partial charge in [-0.05, 0) is 0 Å². The van der Waals surface area contributed by atoms with E-state index in [4.69, 9.17) is 38.5 Å². The van der Waals surface area contributed by atoms with Gasteiger partial charge in [-0.3, -0.25) is 0 Å². The van der Waals surface area contributed by atoms with Gasteiger partial charge in [0, 0.05) is 0 Å². The fourth-order valence-corrected chi connectivity index (χ4v) is 0. The van der Waals surface area contributed by atoms with Gasteiger partial charge in [0.1, 0.15) is 0 Å². The van der Waals surface area contributed by atoms with Crippen molar-refractivity contribution in [3.8, 4) is 0 Å². The molecule has 0 aromatic heterocycles. The van der Waals surface area contributed by atoms with Gasteiger partial charge in [0.15, 0.2) is 0 Å². The molecule has 0 N–H and O–H groups in total. The molecule has 0 aliphatic carbocycles. The minimum Gasteiger partial charge on any atom is -0.822 e. The first-order valence-electron chi connectivity index (χ1n) is 1.46. The minimum absolute atomic E-state index is 0. The van der Waals surface area contributed by atoms with Crippen molar-refractivity contribution in [2.45, 2.75) is 0 Å². The third kappa shape index (κ3) is 264. The van der Waals surface area contributed by atoms with Gasteiger partial charge in [-0.1, -0.05) is 0 Å². The van der Waals surface area contributed by atoms with Gasteiger partial charge in [0.2, 0.25) is 0 Å². The van der Waals surface area contributed by atoms with Crippen molar-refractivity contribution in [2.75, 3.05) is 0 Å². The molecule has 0 unspecified atom stereocenters. The molecule has 0 saturated heterocycles. The Morgan fingerprint density at radius 3 is 0.643 bits per heavy atom. The molecule has 0 amide bonds. The van der Waals surface area contributed by atoms with Crippen molar-refractivity contribution in [1.29, 1.82) is 0 Å². The molecule has 0 aliphatic heterocycles. The molecule has 0 bridgehead atoms. The standard InChI is InChI=1S/2Li.Na.2H3O4P.Y/c;;;2*1-5(2,3)4;/h;;;2*(H3,1,2,3,4);/q3*+1;;;+3/p-6. The van der Waals surface area contributed by atoms with Crippen molar-refractivity contribution in [1.82, 2.24) is 0 Å². The molecule has 8 nitrogen and oxygen atoms in total. The smallest absolute Gasteiger partial charge is 0.822 e. The Morgan fingerprint density at radius 2 is 0.643 bits per heavy atom. The van der Waals surface area contributed by atoms with Crippen molar-refractivity contribution < 1.29 is 138 Å². The van der Waals surface area contributed by atoms with Crippen molar-refractivity contribution in [2.24, 2.45) is 0 Å². The Labute approximate surface area is 152 Å². The summed E-state index contributed by atoms with van der Waals surface area (Å²) in [4.78, 5) is 51.3. The predicted molar refractivity (Wildman–Crippen MR) is 15.2 cm³/mol.